The van der Waals surface area contributed by atoms with Gasteiger partial charge in [0, 0.05) is 33.9 Å². The number of nitrogens with one attached hydrogen (secondary N) is 1. The van der Waals surface area contributed by atoms with Crippen LogP contribution in [-0.2, 0) is 4.79 Å². The fourth-order valence-electron chi connectivity index (χ4n) is 1.42. The summed E-state index contributed by atoms with van der Waals surface area (Å²) in [5, 5.41) is 2.55. The SMILES string of the molecule is CN(C)C(=O)c1ccc(N(C)C)cc1NC=O. The van der Waals surface area contributed by atoms with E-state index in [1.54, 1.807) is 26.2 Å². The first kappa shape index (κ1) is 13.0. The Hall–Kier alpha value is -2.04. The van der Waals surface area contributed by atoms with Gasteiger partial charge in [-0.1, -0.05) is 0 Å². The van der Waals surface area contributed by atoms with Gasteiger partial charge < -0.3 is 15.1 Å². The molecule has 0 radical (unpaired) electrons. The van der Waals surface area contributed by atoms with Crippen LogP contribution in [0.3, 0.4) is 0 Å². The summed E-state index contributed by atoms with van der Waals surface area (Å²) in [6, 6.07) is 5.32. The first-order valence-electron chi connectivity index (χ1n) is 5.20. The zero-order valence-corrected chi connectivity index (χ0v) is 10.5. The van der Waals surface area contributed by atoms with Crippen LogP contribution < -0.4 is 10.2 Å². The van der Waals surface area contributed by atoms with Crippen molar-refractivity contribution in [3.05, 3.63) is 23.8 Å². The lowest BCUT2D eigenvalue weighted by Gasteiger charge is -2.17. The van der Waals surface area contributed by atoms with Gasteiger partial charge in [0.25, 0.3) is 5.91 Å². The minimum Gasteiger partial charge on any atom is -0.378 e. The summed E-state index contributed by atoms with van der Waals surface area (Å²) in [6.07, 6.45) is 0.571. The van der Waals surface area contributed by atoms with Gasteiger partial charge >= 0.3 is 0 Å². The first-order valence-corrected chi connectivity index (χ1v) is 5.20. The van der Waals surface area contributed by atoms with E-state index in [-0.39, 0.29) is 5.91 Å². The smallest absolute Gasteiger partial charge is 0.255 e. The molecule has 0 aliphatic rings. The Bertz CT molecular complexity index is 428. The van der Waals surface area contributed by atoms with E-state index in [0.29, 0.717) is 17.7 Å². The molecule has 0 fully saturated rings. The van der Waals surface area contributed by atoms with Gasteiger partial charge in [0.1, 0.15) is 0 Å². The Morgan fingerprint density at radius 3 is 2.35 bits per heavy atom. The average molecular weight is 235 g/mol. The fourth-order valence-corrected chi connectivity index (χ4v) is 1.42. The Morgan fingerprint density at radius 1 is 1.24 bits per heavy atom. The molecule has 0 atom stereocenters. The normalized spacial score (nSPS) is 9.65. The summed E-state index contributed by atoms with van der Waals surface area (Å²) in [5.41, 5.74) is 1.92. The van der Waals surface area contributed by atoms with Crippen molar-refractivity contribution in [2.75, 3.05) is 38.4 Å². The monoisotopic (exact) mass is 235 g/mol. The van der Waals surface area contributed by atoms with Gasteiger partial charge in [0.15, 0.2) is 0 Å². The zero-order valence-electron chi connectivity index (χ0n) is 10.5. The second kappa shape index (κ2) is 5.34. The largest absolute Gasteiger partial charge is 0.378 e. The van der Waals surface area contributed by atoms with Crippen LogP contribution in [0.15, 0.2) is 18.2 Å². The first-order chi connectivity index (χ1) is 7.97. The van der Waals surface area contributed by atoms with E-state index in [0.717, 1.165) is 5.69 Å². The van der Waals surface area contributed by atoms with Gasteiger partial charge in [-0.2, -0.15) is 0 Å². The Morgan fingerprint density at radius 2 is 1.88 bits per heavy atom. The summed E-state index contributed by atoms with van der Waals surface area (Å²) in [5.74, 6) is -0.139. The summed E-state index contributed by atoms with van der Waals surface area (Å²) in [7, 11) is 7.14. The molecule has 0 aliphatic heterocycles. The van der Waals surface area contributed by atoms with E-state index in [9.17, 15) is 9.59 Å². The highest BCUT2D eigenvalue weighted by atomic mass is 16.2. The van der Waals surface area contributed by atoms with Crippen LogP contribution in [0, 0.1) is 0 Å². The highest BCUT2D eigenvalue weighted by Gasteiger charge is 2.14. The van der Waals surface area contributed by atoms with E-state index in [1.165, 1.54) is 4.90 Å². The molecule has 17 heavy (non-hydrogen) atoms. The molecule has 0 aliphatic carbocycles. The van der Waals surface area contributed by atoms with Crippen molar-refractivity contribution in [1.82, 2.24) is 4.90 Å². The molecule has 1 N–H and O–H groups in total. The number of benzene rings is 1. The number of amides is 2. The third-order valence-electron chi connectivity index (χ3n) is 2.37. The minimum atomic E-state index is -0.139. The standard InChI is InChI=1S/C12H17N3O2/c1-14(2)9-5-6-10(12(17)15(3)4)11(7-9)13-8-16/h5-8H,1-4H3,(H,13,16). The van der Waals surface area contributed by atoms with E-state index < -0.39 is 0 Å². The second-order valence-electron chi connectivity index (χ2n) is 4.09. The van der Waals surface area contributed by atoms with Crippen LogP contribution in [0.4, 0.5) is 11.4 Å². The average Bonchev–Trinajstić information content (AvgIpc) is 2.28. The molecule has 5 nitrogen and oxygen atoms in total. The lowest BCUT2D eigenvalue weighted by Crippen LogP contribution is -2.23. The highest BCUT2D eigenvalue weighted by molar-refractivity contribution is 6.01. The number of carbonyl (C=O) groups excluding carboxylic acids is 2. The predicted octanol–water partition coefficient (Wildman–Crippen LogP) is 1.02. The summed E-state index contributed by atoms with van der Waals surface area (Å²) >= 11 is 0. The minimum absolute atomic E-state index is 0.139. The maximum absolute atomic E-state index is 11.9. The Kier molecular flexibility index (Phi) is 4.09. The van der Waals surface area contributed by atoms with Crippen molar-refractivity contribution in [2.24, 2.45) is 0 Å². The highest BCUT2D eigenvalue weighted by Crippen LogP contribution is 2.23. The van der Waals surface area contributed by atoms with Crippen LogP contribution in [0.25, 0.3) is 0 Å². The molecule has 0 aromatic heterocycles. The molecule has 2 amide bonds. The maximum Gasteiger partial charge on any atom is 0.255 e. The summed E-state index contributed by atoms with van der Waals surface area (Å²) in [6.45, 7) is 0. The fraction of sp³-hybridized carbons (Fsp3) is 0.333. The lowest BCUT2D eigenvalue weighted by molar-refractivity contribution is -0.105. The molecule has 5 heteroatoms. The van der Waals surface area contributed by atoms with Crippen molar-refractivity contribution in [1.29, 1.82) is 0 Å². The zero-order chi connectivity index (χ0) is 13.0. The van der Waals surface area contributed by atoms with Gasteiger partial charge in [0.05, 0.1) is 11.3 Å². The Labute approximate surface area is 101 Å². The van der Waals surface area contributed by atoms with Gasteiger partial charge in [-0.15, -0.1) is 0 Å². The number of hydrogen-bond acceptors (Lipinski definition) is 3. The molecule has 0 spiro atoms. The quantitative estimate of drug-likeness (QED) is 0.793. The topological polar surface area (TPSA) is 52.7 Å². The molecule has 0 heterocycles. The van der Waals surface area contributed by atoms with Crippen molar-refractivity contribution in [2.45, 2.75) is 0 Å². The molecule has 0 saturated carbocycles. The number of hydrogen-bond donors (Lipinski definition) is 1. The predicted molar refractivity (Wildman–Crippen MR) is 68.5 cm³/mol. The summed E-state index contributed by atoms with van der Waals surface area (Å²) in [4.78, 5) is 25.8. The van der Waals surface area contributed by atoms with E-state index in [4.69, 9.17) is 0 Å². The molecule has 0 saturated heterocycles. The van der Waals surface area contributed by atoms with Gasteiger partial charge in [-0.3, -0.25) is 9.59 Å². The van der Waals surface area contributed by atoms with E-state index in [1.807, 2.05) is 25.1 Å². The number of anilines is 2. The Balaban J connectivity index is 3.21. The van der Waals surface area contributed by atoms with Crippen molar-refractivity contribution < 1.29 is 9.59 Å². The van der Waals surface area contributed by atoms with Crippen LogP contribution >= 0.6 is 0 Å². The molecule has 1 rings (SSSR count). The molecular weight excluding hydrogens is 218 g/mol. The van der Waals surface area contributed by atoms with Gasteiger partial charge in [-0.25, -0.2) is 0 Å². The van der Waals surface area contributed by atoms with Crippen molar-refractivity contribution in [3.63, 3.8) is 0 Å². The van der Waals surface area contributed by atoms with Crippen LogP contribution in [-0.4, -0.2) is 45.4 Å². The lowest BCUT2D eigenvalue weighted by atomic mass is 10.1. The van der Waals surface area contributed by atoms with Crippen LogP contribution in [0.1, 0.15) is 10.4 Å². The summed E-state index contributed by atoms with van der Waals surface area (Å²) < 4.78 is 0. The third-order valence-corrected chi connectivity index (χ3v) is 2.37. The van der Waals surface area contributed by atoms with Crippen molar-refractivity contribution in [3.8, 4) is 0 Å². The van der Waals surface area contributed by atoms with E-state index in [2.05, 4.69) is 5.32 Å². The van der Waals surface area contributed by atoms with Crippen molar-refractivity contribution >= 4 is 23.7 Å². The number of nitrogens with zero attached hydrogens (tertiary/aromatic N) is 2. The maximum atomic E-state index is 11.9. The molecule has 1 aromatic rings. The molecule has 0 unspecified atom stereocenters. The molecule has 0 bridgehead atoms. The third kappa shape index (κ3) is 2.96. The second-order valence-corrected chi connectivity index (χ2v) is 4.09. The number of carbonyl (C=O) groups is 2. The van der Waals surface area contributed by atoms with Crippen LogP contribution in [0.2, 0.25) is 0 Å². The molecular formula is C12H17N3O2. The molecule has 1 aromatic carbocycles. The van der Waals surface area contributed by atoms with Gasteiger partial charge in [0.2, 0.25) is 6.41 Å². The van der Waals surface area contributed by atoms with E-state index >= 15 is 0 Å². The van der Waals surface area contributed by atoms with Crippen LogP contribution in [0.5, 0.6) is 0 Å². The molecule has 92 valence electrons. The van der Waals surface area contributed by atoms with Gasteiger partial charge in [-0.05, 0) is 18.2 Å². The number of rotatable bonds is 4.